The van der Waals surface area contributed by atoms with Crippen molar-refractivity contribution >= 4 is 0 Å². The van der Waals surface area contributed by atoms with Gasteiger partial charge in [-0.15, -0.1) is 0 Å². The molecule has 1 aliphatic rings. The fraction of sp³-hybridized carbons (Fsp3) is 0.294. The molecule has 0 bridgehead atoms. The fourth-order valence-electron chi connectivity index (χ4n) is 2.76. The van der Waals surface area contributed by atoms with Crippen molar-refractivity contribution in [1.29, 1.82) is 0 Å². The lowest BCUT2D eigenvalue weighted by atomic mass is 10.0. The van der Waals surface area contributed by atoms with Gasteiger partial charge in [-0.3, -0.25) is 4.90 Å². The number of phenolic OH excluding ortho intramolecular Hbond substituents is 1. The summed E-state index contributed by atoms with van der Waals surface area (Å²) in [6, 6.07) is 17.8. The number of rotatable bonds is 2. The third-order valence-electron chi connectivity index (χ3n) is 4.06. The molecule has 3 heteroatoms. The van der Waals surface area contributed by atoms with Gasteiger partial charge in [-0.2, -0.15) is 0 Å². The van der Waals surface area contributed by atoms with Crippen molar-refractivity contribution in [1.82, 2.24) is 4.90 Å². The number of likely N-dealkylation sites (N-methyl/N-ethyl adjacent to an activating group) is 1. The molecule has 1 saturated heterocycles. The smallest absolute Gasteiger partial charge is 0.141 e. The minimum Gasteiger partial charge on any atom is -0.508 e. The highest BCUT2D eigenvalue weighted by Crippen LogP contribution is 2.43. The highest BCUT2D eigenvalue weighted by atomic mass is 16.5. The molecule has 3 unspecified atom stereocenters. The lowest BCUT2D eigenvalue weighted by molar-refractivity contribution is 0.00418. The van der Waals surface area contributed by atoms with Crippen molar-refractivity contribution in [3.8, 4) is 5.75 Å². The van der Waals surface area contributed by atoms with Gasteiger partial charge in [0.25, 0.3) is 0 Å². The van der Waals surface area contributed by atoms with Crippen molar-refractivity contribution in [3.63, 3.8) is 0 Å². The molecule has 2 aromatic rings. The van der Waals surface area contributed by atoms with E-state index in [1.807, 2.05) is 43.4 Å². The van der Waals surface area contributed by atoms with Crippen LogP contribution in [-0.4, -0.2) is 23.1 Å². The van der Waals surface area contributed by atoms with Crippen LogP contribution in [0.3, 0.4) is 0 Å². The second-order valence-corrected chi connectivity index (χ2v) is 5.28. The summed E-state index contributed by atoms with van der Waals surface area (Å²) < 4.78 is 6.20. The zero-order valence-corrected chi connectivity index (χ0v) is 11.7. The van der Waals surface area contributed by atoms with Gasteiger partial charge in [0.15, 0.2) is 0 Å². The van der Waals surface area contributed by atoms with Crippen LogP contribution in [0.1, 0.15) is 30.4 Å². The molecule has 0 aliphatic carbocycles. The van der Waals surface area contributed by atoms with Crippen molar-refractivity contribution in [2.45, 2.75) is 25.3 Å². The van der Waals surface area contributed by atoms with Crippen LogP contribution in [0.4, 0.5) is 0 Å². The molecular weight excluding hydrogens is 250 g/mol. The van der Waals surface area contributed by atoms with E-state index in [1.165, 1.54) is 5.56 Å². The summed E-state index contributed by atoms with van der Waals surface area (Å²) in [7, 11) is 2.03. The molecular formula is C17H19NO2. The van der Waals surface area contributed by atoms with Crippen LogP contribution in [0.25, 0.3) is 0 Å². The average Bonchev–Trinajstić information content (AvgIpc) is 2.77. The molecule has 2 aromatic carbocycles. The number of hydrogen-bond acceptors (Lipinski definition) is 3. The van der Waals surface area contributed by atoms with E-state index >= 15 is 0 Å². The standard InChI is InChI=1S/C17H19NO2/c1-12-16(13-8-4-3-5-9-13)20-17(18(12)2)14-10-6-7-11-15(14)19/h3-12,16-17,19H,1-2H3. The van der Waals surface area contributed by atoms with E-state index in [0.717, 1.165) is 5.56 Å². The SMILES string of the molecule is CC1C(c2ccccc2)OC(c2ccccc2O)N1C. The van der Waals surface area contributed by atoms with Gasteiger partial charge in [0.1, 0.15) is 18.1 Å². The number of benzene rings is 2. The summed E-state index contributed by atoms with van der Waals surface area (Å²) in [5.74, 6) is 0.283. The zero-order valence-electron chi connectivity index (χ0n) is 11.7. The molecule has 0 amide bonds. The summed E-state index contributed by atoms with van der Waals surface area (Å²) >= 11 is 0. The summed E-state index contributed by atoms with van der Waals surface area (Å²) in [5.41, 5.74) is 1.99. The van der Waals surface area contributed by atoms with Gasteiger partial charge >= 0.3 is 0 Å². The lowest BCUT2D eigenvalue weighted by Gasteiger charge is -2.21. The lowest BCUT2D eigenvalue weighted by Crippen LogP contribution is -2.27. The van der Waals surface area contributed by atoms with Gasteiger partial charge in [-0.05, 0) is 25.6 Å². The predicted octanol–water partition coefficient (Wildman–Crippen LogP) is 3.48. The number of para-hydroxylation sites is 1. The first-order valence-electron chi connectivity index (χ1n) is 6.88. The van der Waals surface area contributed by atoms with E-state index in [2.05, 4.69) is 24.0 Å². The predicted molar refractivity (Wildman–Crippen MR) is 78.3 cm³/mol. The summed E-state index contributed by atoms with van der Waals surface area (Å²) in [6.45, 7) is 2.15. The first-order valence-corrected chi connectivity index (χ1v) is 6.88. The topological polar surface area (TPSA) is 32.7 Å². The van der Waals surface area contributed by atoms with E-state index < -0.39 is 0 Å². The molecule has 0 spiro atoms. The Bertz CT molecular complexity index is 585. The van der Waals surface area contributed by atoms with Crippen molar-refractivity contribution in [2.24, 2.45) is 0 Å². The van der Waals surface area contributed by atoms with Gasteiger partial charge in [-0.25, -0.2) is 0 Å². The van der Waals surface area contributed by atoms with Gasteiger partial charge < -0.3 is 9.84 Å². The van der Waals surface area contributed by atoms with Crippen LogP contribution in [-0.2, 0) is 4.74 Å². The molecule has 3 rings (SSSR count). The molecule has 0 aromatic heterocycles. The first kappa shape index (κ1) is 13.2. The number of ether oxygens (including phenoxy) is 1. The van der Waals surface area contributed by atoms with Gasteiger partial charge in [-0.1, -0.05) is 48.5 Å². The van der Waals surface area contributed by atoms with Gasteiger partial charge in [0, 0.05) is 11.6 Å². The Kier molecular flexibility index (Phi) is 3.47. The zero-order chi connectivity index (χ0) is 14.1. The van der Waals surface area contributed by atoms with Gasteiger partial charge in [0.05, 0.1) is 0 Å². The van der Waals surface area contributed by atoms with Crippen LogP contribution in [0.5, 0.6) is 5.75 Å². The Labute approximate surface area is 119 Å². The number of aromatic hydroxyl groups is 1. The minimum atomic E-state index is -0.212. The summed E-state index contributed by atoms with van der Waals surface area (Å²) in [6.07, 6.45) is -0.192. The van der Waals surface area contributed by atoms with Crippen molar-refractivity contribution < 1.29 is 9.84 Å². The third-order valence-corrected chi connectivity index (χ3v) is 4.06. The van der Waals surface area contributed by atoms with Crippen LogP contribution in [0.2, 0.25) is 0 Å². The molecule has 0 radical (unpaired) electrons. The molecule has 1 heterocycles. The summed E-state index contributed by atoms with van der Waals surface area (Å²) in [4.78, 5) is 2.16. The number of hydrogen-bond donors (Lipinski definition) is 1. The van der Waals surface area contributed by atoms with E-state index in [0.29, 0.717) is 0 Å². The molecule has 1 aliphatic heterocycles. The maximum absolute atomic E-state index is 10.0. The quantitative estimate of drug-likeness (QED) is 0.906. The van der Waals surface area contributed by atoms with Crippen LogP contribution >= 0.6 is 0 Å². The Morgan fingerprint density at radius 1 is 1.00 bits per heavy atom. The normalized spacial score (nSPS) is 26.8. The highest BCUT2D eigenvalue weighted by Gasteiger charge is 2.39. The molecule has 1 fully saturated rings. The second kappa shape index (κ2) is 5.27. The molecule has 1 N–H and O–H groups in total. The second-order valence-electron chi connectivity index (χ2n) is 5.28. The molecule has 3 nitrogen and oxygen atoms in total. The largest absolute Gasteiger partial charge is 0.508 e. The molecule has 0 saturated carbocycles. The maximum atomic E-state index is 10.0. The molecule has 20 heavy (non-hydrogen) atoms. The maximum Gasteiger partial charge on any atom is 0.141 e. The Morgan fingerprint density at radius 2 is 1.65 bits per heavy atom. The fourth-order valence-corrected chi connectivity index (χ4v) is 2.76. The van der Waals surface area contributed by atoms with Crippen molar-refractivity contribution in [2.75, 3.05) is 7.05 Å². The highest BCUT2D eigenvalue weighted by molar-refractivity contribution is 5.34. The van der Waals surface area contributed by atoms with Crippen LogP contribution in [0.15, 0.2) is 54.6 Å². The Hall–Kier alpha value is -1.84. The Balaban J connectivity index is 1.91. The summed E-state index contributed by atoms with van der Waals surface area (Å²) in [5, 5.41) is 10.0. The third kappa shape index (κ3) is 2.19. The van der Waals surface area contributed by atoms with E-state index in [9.17, 15) is 5.11 Å². The van der Waals surface area contributed by atoms with Crippen LogP contribution in [0, 0.1) is 0 Å². The monoisotopic (exact) mass is 269 g/mol. The minimum absolute atomic E-state index is 0.0193. The van der Waals surface area contributed by atoms with E-state index in [4.69, 9.17) is 4.74 Å². The van der Waals surface area contributed by atoms with Crippen molar-refractivity contribution in [3.05, 3.63) is 65.7 Å². The molecule has 104 valence electrons. The first-order chi connectivity index (χ1) is 9.68. The molecule has 3 atom stereocenters. The number of nitrogens with zero attached hydrogens (tertiary/aromatic N) is 1. The van der Waals surface area contributed by atoms with Crippen LogP contribution < -0.4 is 0 Å². The van der Waals surface area contributed by atoms with E-state index in [1.54, 1.807) is 6.07 Å². The van der Waals surface area contributed by atoms with E-state index in [-0.39, 0.29) is 24.1 Å². The van der Waals surface area contributed by atoms with Gasteiger partial charge in [0.2, 0.25) is 0 Å². The number of phenols is 1. The average molecular weight is 269 g/mol. The Morgan fingerprint density at radius 3 is 2.35 bits per heavy atom.